The minimum atomic E-state index is 0.299. The van der Waals surface area contributed by atoms with Crippen LogP contribution in [0.15, 0.2) is 29.3 Å². The lowest BCUT2D eigenvalue weighted by Gasteiger charge is -2.14. The Labute approximate surface area is 151 Å². The van der Waals surface area contributed by atoms with Crippen LogP contribution >= 0.6 is 0 Å². The largest absolute Gasteiger partial charge is 0.494 e. The summed E-state index contributed by atoms with van der Waals surface area (Å²) >= 11 is 0. The van der Waals surface area contributed by atoms with E-state index in [0.717, 1.165) is 56.3 Å². The third-order valence-corrected chi connectivity index (χ3v) is 4.03. The molecule has 6 nitrogen and oxygen atoms in total. The molecule has 140 valence electrons. The van der Waals surface area contributed by atoms with Crippen LogP contribution in [-0.4, -0.2) is 52.1 Å². The SMILES string of the molecule is CCOc1ccccc1CNC(=NC)NCCCOCC1CCCO1. The van der Waals surface area contributed by atoms with Gasteiger partial charge in [-0.05, 0) is 32.3 Å². The van der Waals surface area contributed by atoms with Gasteiger partial charge in [0.05, 0.1) is 19.3 Å². The molecule has 0 aliphatic carbocycles. The van der Waals surface area contributed by atoms with Gasteiger partial charge < -0.3 is 24.8 Å². The Bertz CT molecular complexity index is 516. The molecule has 0 bridgehead atoms. The van der Waals surface area contributed by atoms with E-state index in [-0.39, 0.29) is 0 Å². The number of para-hydroxylation sites is 1. The molecule has 2 rings (SSSR count). The Kier molecular flexibility index (Phi) is 9.15. The zero-order valence-corrected chi connectivity index (χ0v) is 15.4. The molecule has 2 N–H and O–H groups in total. The molecular formula is C19H31N3O3. The van der Waals surface area contributed by atoms with Crippen molar-refractivity contribution in [1.82, 2.24) is 10.6 Å². The summed E-state index contributed by atoms with van der Waals surface area (Å²) in [7, 11) is 1.78. The Morgan fingerprint density at radius 3 is 2.96 bits per heavy atom. The molecule has 1 aromatic rings. The smallest absolute Gasteiger partial charge is 0.191 e. The lowest BCUT2D eigenvalue weighted by Crippen LogP contribution is -2.37. The molecular weight excluding hydrogens is 318 g/mol. The Balaban J connectivity index is 1.60. The topological polar surface area (TPSA) is 64.1 Å². The van der Waals surface area contributed by atoms with Gasteiger partial charge in [-0.15, -0.1) is 0 Å². The van der Waals surface area contributed by atoms with E-state index >= 15 is 0 Å². The van der Waals surface area contributed by atoms with Crippen LogP contribution < -0.4 is 15.4 Å². The predicted molar refractivity (Wildman–Crippen MR) is 100 cm³/mol. The zero-order valence-electron chi connectivity index (χ0n) is 15.4. The molecule has 1 aliphatic heterocycles. The molecule has 1 fully saturated rings. The summed E-state index contributed by atoms with van der Waals surface area (Å²) in [4.78, 5) is 4.25. The van der Waals surface area contributed by atoms with Crippen molar-refractivity contribution in [3.05, 3.63) is 29.8 Å². The minimum absolute atomic E-state index is 0.299. The van der Waals surface area contributed by atoms with Gasteiger partial charge in [-0.25, -0.2) is 0 Å². The normalized spacial score (nSPS) is 17.5. The highest BCUT2D eigenvalue weighted by Crippen LogP contribution is 2.17. The first-order valence-electron chi connectivity index (χ1n) is 9.18. The third kappa shape index (κ3) is 7.32. The predicted octanol–water partition coefficient (Wildman–Crippen LogP) is 2.34. The zero-order chi connectivity index (χ0) is 17.7. The van der Waals surface area contributed by atoms with E-state index in [9.17, 15) is 0 Å². The number of guanidine groups is 1. The first kappa shape index (κ1) is 19.5. The summed E-state index contributed by atoms with van der Waals surface area (Å²) in [5.74, 6) is 1.70. The van der Waals surface area contributed by atoms with Crippen LogP contribution in [0.1, 0.15) is 31.7 Å². The van der Waals surface area contributed by atoms with Crippen LogP contribution in [0, 0.1) is 0 Å². The number of nitrogens with one attached hydrogen (secondary N) is 2. The summed E-state index contributed by atoms with van der Waals surface area (Å²) in [6.07, 6.45) is 3.51. The van der Waals surface area contributed by atoms with Crippen molar-refractivity contribution in [2.45, 2.75) is 38.8 Å². The van der Waals surface area contributed by atoms with Crippen LogP contribution in [0.3, 0.4) is 0 Å². The highest BCUT2D eigenvalue weighted by Gasteiger charge is 2.14. The van der Waals surface area contributed by atoms with Crippen LogP contribution in [0.5, 0.6) is 5.75 Å². The summed E-state index contributed by atoms with van der Waals surface area (Å²) in [5, 5.41) is 6.62. The molecule has 0 spiro atoms. The van der Waals surface area contributed by atoms with E-state index in [1.165, 1.54) is 0 Å². The molecule has 0 radical (unpaired) electrons. The Hall–Kier alpha value is -1.79. The summed E-state index contributed by atoms with van der Waals surface area (Å²) < 4.78 is 16.8. The lowest BCUT2D eigenvalue weighted by atomic mass is 10.2. The maximum atomic E-state index is 5.66. The minimum Gasteiger partial charge on any atom is -0.494 e. The van der Waals surface area contributed by atoms with Gasteiger partial charge in [0.2, 0.25) is 0 Å². The molecule has 0 aromatic heterocycles. The van der Waals surface area contributed by atoms with Crippen LogP contribution in [0.25, 0.3) is 0 Å². The first-order valence-corrected chi connectivity index (χ1v) is 9.18. The number of aliphatic imine (C=N–C) groups is 1. The Morgan fingerprint density at radius 2 is 2.20 bits per heavy atom. The van der Waals surface area contributed by atoms with E-state index in [2.05, 4.69) is 21.7 Å². The maximum Gasteiger partial charge on any atom is 0.191 e. The first-order chi connectivity index (χ1) is 12.3. The Morgan fingerprint density at radius 1 is 1.32 bits per heavy atom. The van der Waals surface area contributed by atoms with Crippen molar-refractivity contribution in [1.29, 1.82) is 0 Å². The molecule has 1 atom stereocenters. The second-order valence-electron chi connectivity index (χ2n) is 5.96. The second kappa shape index (κ2) is 11.7. The number of ether oxygens (including phenoxy) is 3. The van der Waals surface area contributed by atoms with Gasteiger partial charge in [0.15, 0.2) is 5.96 Å². The van der Waals surface area contributed by atoms with Crippen molar-refractivity contribution >= 4 is 5.96 Å². The molecule has 6 heteroatoms. The lowest BCUT2D eigenvalue weighted by molar-refractivity contribution is 0.0168. The van der Waals surface area contributed by atoms with E-state index < -0.39 is 0 Å². The van der Waals surface area contributed by atoms with Gasteiger partial charge in [-0.2, -0.15) is 0 Å². The monoisotopic (exact) mass is 349 g/mol. The van der Waals surface area contributed by atoms with Gasteiger partial charge in [0.1, 0.15) is 5.75 Å². The fourth-order valence-corrected chi connectivity index (χ4v) is 2.72. The quantitative estimate of drug-likeness (QED) is 0.386. The van der Waals surface area contributed by atoms with Crippen molar-refractivity contribution in [2.75, 3.05) is 40.0 Å². The highest BCUT2D eigenvalue weighted by atomic mass is 16.5. The molecule has 1 heterocycles. The highest BCUT2D eigenvalue weighted by molar-refractivity contribution is 5.79. The number of hydrogen-bond acceptors (Lipinski definition) is 4. The third-order valence-electron chi connectivity index (χ3n) is 4.03. The van der Waals surface area contributed by atoms with Gasteiger partial charge >= 0.3 is 0 Å². The van der Waals surface area contributed by atoms with Crippen LogP contribution in [0.4, 0.5) is 0 Å². The molecule has 25 heavy (non-hydrogen) atoms. The van der Waals surface area contributed by atoms with Gasteiger partial charge in [-0.1, -0.05) is 18.2 Å². The van der Waals surface area contributed by atoms with Crippen molar-refractivity contribution < 1.29 is 14.2 Å². The number of rotatable bonds is 10. The molecule has 1 aliphatic rings. The van der Waals surface area contributed by atoms with E-state index in [4.69, 9.17) is 14.2 Å². The second-order valence-corrected chi connectivity index (χ2v) is 5.96. The summed E-state index contributed by atoms with van der Waals surface area (Å²) in [6, 6.07) is 8.05. The van der Waals surface area contributed by atoms with E-state index in [1.54, 1.807) is 7.05 Å². The number of benzene rings is 1. The molecule has 0 saturated carbocycles. The van der Waals surface area contributed by atoms with Crippen molar-refractivity contribution in [3.63, 3.8) is 0 Å². The fraction of sp³-hybridized carbons (Fsp3) is 0.632. The average molecular weight is 349 g/mol. The van der Waals surface area contributed by atoms with Crippen LogP contribution in [0.2, 0.25) is 0 Å². The number of nitrogens with zero attached hydrogens (tertiary/aromatic N) is 1. The van der Waals surface area contributed by atoms with Crippen molar-refractivity contribution in [2.24, 2.45) is 4.99 Å². The molecule has 1 aromatic carbocycles. The summed E-state index contributed by atoms with van der Waals surface area (Å²) in [5.41, 5.74) is 1.12. The van der Waals surface area contributed by atoms with Gasteiger partial charge in [0, 0.05) is 38.9 Å². The van der Waals surface area contributed by atoms with E-state index in [0.29, 0.717) is 25.9 Å². The van der Waals surface area contributed by atoms with E-state index in [1.807, 2.05) is 25.1 Å². The molecule has 0 amide bonds. The maximum absolute atomic E-state index is 5.66. The number of hydrogen-bond donors (Lipinski definition) is 2. The standard InChI is InChI=1S/C19H31N3O3/c1-3-24-18-10-5-4-8-16(18)14-22-19(20-2)21-11-7-12-23-15-17-9-6-13-25-17/h4-5,8,10,17H,3,6-7,9,11-15H2,1-2H3,(H2,20,21,22). The van der Waals surface area contributed by atoms with Crippen LogP contribution in [-0.2, 0) is 16.0 Å². The average Bonchev–Trinajstić information content (AvgIpc) is 3.15. The summed E-state index contributed by atoms with van der Waals surface area (Å²) in [6.45, 7) is 6.47. The molecule has 1 saturated heterocycles. The molecule has 1 unspecified atom stereocenters. The fourth-order valence-electron chi connectivity index (χ4n) is 2.72. The van der Waals surface area contributed by atoms with Gasteiger partial charge in [-0.3, -0.25) is 4.99 Å². The van der Waals surface area contributed by atoms with Gasteiger partial charge in [0.25, 0.3) is 0 Å². The van der Waals surface area contributed by atoms with Crippen molar-refractivity contribution in [3.8, 4) is 5.75 Å².